The van der Waals surface area contributed by atoms with E-state index in [0.29, 0.717) is 6.42 Å². The first kappa shape index (κ1) is 22.1. The highest BCUT2D eigenvalue weighted by Gasteiger charge is 2.29. The van der Waals surface area contributed by atoms with Crippen LogP contribution in [0, 0.1) is 0 Å². The summed E-state index contributed by atoms with van der Waals surface area (Å²) in [6, 6.07) is 16.4. The SMILES string of the molecule is CCC[C@H](NC(=O)c1occc1NC(=O)OCC1c2ccccc2-c2ccccc21)C(=O)O. The van der Waals surface area contributed by atoms with Crippen LogP contribution in [-0.4, -0.2) is 35.7 Å². The van der Waals surface area contributed by atoms with E-state index in [0.717, 1.165) is 22.3 Å². The number of amides is 2. The van der Waals surface area contributed by atoms with E-state index in [2.05, 4.69) is 10.6 Å². The van der Waals surface area contributed by atoms with E-state index in [-0.39, 0.29) is 30.4 Å². The summed E-state index contributed by atoms with van der Waals surface area (Å²) in [7, 11) is 0. The number of nitrogens with one attached hydrogen (secondary N) is 2. The standard InChI is InChI=1S/C25H24N2O6/c1-2-7-21(24(29)30)26-23(28)22-20(12-13-32-22)27-25(31)33-14-19-17-10-5-3-8-15(17)16-9-4-6-11-18(16)19/h3-6,8-13,19,21H,2,7,14H2,1H3,(H,26,28)(H,27,31)(H,29,30)/t21-/m0/s1. The van der Waals surface area contributed by atoms with Crippen LogP contribution >= 0.6 is 0 Å². The predicted molar refractivity (Wildman–Crippen MR) is 121 cm³/mol. The van der Waals surface area contributed by atoms with Crippen LogP contribution in [-0.2, 0) is 9.53 Å². The number of furan rings is 1. The van der Waals surface area contributed by atoms with Gasteiger partial charge in [0.25, 0.3) is 5.91 Å². The molecule has 2 aromatic carbocycles. The van der Waals surface area contributed by atoms with Crippen molar-refractivity contribution in [3.8, 4) is 11.1 Å². The van der Waals surface area contributed by atoms with Crippen molar-refractivity contribution in [2.24, 2.45) is 0 Å². The van der Waals surface area contributed by atoms with Crippen molar-refractivity contribution in [1.29, 1.82) is 0 Å². The fourth-order valence-corrected chi connectivity index (χ4v) is 4.10. The van der Waals surface area contributed by atoms with E-state index >= 15 is 0 Å². The van der Waals surface area contributed by atoms with Crippen molar-refractivity contribution < 1.29 is 28.6 Å². The first-order valence-electron chi connectivity index (χ1n) is 10.7. The fourth-order valence-electron chi connectivity index (χ4n) is 4.10. The maximum Gasteiger partial charge on any atom is 0.411 e. The summed E-state index contributed by atoms with van der Waals surface area (Å²) in [6.07, 6.45) is 1.36. The molecule has 0 spiro atoms. The van der Waals surface area contributed by atoms with Crippen molar-refractivity contribution in [2.75, 3.05) is 11.9 Å². The monoisotopic (exact) mass is 448 g/mol. The van der Waals surface area contributed by atoms with Gasteiger partial charge in [-0.05, 0) is 28.7 Å². The number of hydrogen-bond donors (Lipinski definition) is 3. The number of ether oxygens (including phenoxy) is 1. The topological polar surface area (TPSA) is 118 Å². The number of benzene rings is 2. The Bertz CT molecular complexity index is 1140. The van der Waals surface area contributed by atoms with Gasteiger partial charge in [0, 0.05) is 12.0 Å². The van der Waals surface area contributed by atoms with Crippen LogP contribution in [0.15, 0.2) is 65.3 Å². The molecule has 2 amide bonds. The van der Waals surface area contributed by atoms with E-state index in [1.54, 1.807) is 0 Å². The van der Waals surface area contributed by atoms with Gasteiger partial charge in [0.05, 0.1) is 12.0 Å². The van der Waals surface area contributed by atoms with Gasteiger partial charge in [0.1, 0.15) is 12.6 Å². The molecule has 1 aliphatic rings. The number of carbonyl (C=O) groups is 3. The Morgan fingerprint density at radius 3 is 2.27 bits per heavy atom. The zero-order chi connectivity index (χ0) is 23.4. The fraction of sp³-hybridized carbons (Fsp3) is 0.240. The lowest BCUT2D eigenvalue weighted by Crippen LogP contribution is -2.40. The van der Waals surface area contributed by atoms with Gasteiger partial charge in [-0.15, -0.1) is 0 Å². The lowest BCUT2D eigenvalue weighted by molar-refractivity contribution is -0.139. The summed E-state index contributed by atoms with van der Waals surface area (Å²) in [5.41, 5.74) is 4.52. The second-order valence-corrected chi connectivity index (χ2v) is 7.77. The molecule has 1 atom stereocenters. The Morgan fingerprint density at radius 2 is 1.67 bits per heavy atom. The van der Waals surface area contributed by atoms with Crippen LogP contribution in [0.5, 0.6) is 0 Å². The zero-order valence-electron chi connectivity index (χ0n) is 18.0. The van der Waals surface area contributed by atoms with Gasteiger partial charge in [-0.1, -0.05) is 61.9 Å². The molecule has 1 aliphatic carbocycles. The summed E-state index contributed by atoms with van der Waals surface area (Å²) in [6.45, 7) is 1.94. The highest BCUT2D eigenvalue weighted by atomic mass is 16.5. The summed E-state index contributed by atoms with van der Waals surface area (Å²) < 4.78 is 10.7. The molecule has 1 heterocycles. The molecule has 0 unspecified atom stereocenters. The number of anilines is 1. The van der Waals surface area contributed by atoms with Crippen molar-refractivity contribution in [3.05, 3.63) is 77.7 Å². The highest BCUT2D eigenvalue weighted by Crippen LogP contribution is 2.44. The Morgan fingerprint density at radius 1 is 1.03 bits per heavy atom. The van der Waals surface area contributed by atoms with Gasteiger partial charge in [-0.2, -0.15) is 0 Å². The van der Waals surface area contributed by atoms with Crippen molar-refractivity contribution >= 4 is 23.7 Å². The predicted octanol–water partition coefficient (Wildman–Crippen LogP) is 4.62. The van der Waals surface area contributed by atoms with E-state index in [9.17, 15) is 19.5 Å². The van der Waals surface area contributed by atoms with Crippen LogP contribution in [0.1, 0.15) is 47.4 Å². The number of carboxylic acid groups (broad SMARTS) is 1. The summed E-state index contributed by atoms with van der Waals surface area (Å²) in [5, 5.41) is 14.2. The molecule has 8 heteroatoms. The van der Waals surface area contributed by atoms with E-state index in [4.69, 9.17) is 9.15 Å². The Labute approximate surface area is 190 Å². The van der Waals surface area contributed by atoms with Crippen LogP contribution in [0.4, 0.5) is 10.5 Å². The number of fused-ring (bicyclic) bond motifs is 3. The number of aliphatic carboxylic acids is 1. The second kappa shape index (κ2) is 9.60. The molecule has 0 radical (unpaired) electrons. The maximum atomic E-state index is 12.5. The van der Waals surface area contributed by atoms with Crippen LogP contribution in [0.3, 0.4) is 0 Å². The molecule has 0 saturated heterocycles. The van der Waals surface area contributed by atoms with Crippen molar-refractivity contribution in [1.82, 2.24) is 5.32 Å². The minimum atomic E-state index is -1.14. The molecule has 33 heavy (non-hydrogen) atoms. The lowest BCUT2D eigenvalue weighted by Gasteiger charge is -2.15. The smallest absolute Gasteiger partial charge is 0.411 e. The Hall–Kier alpha value is -4.07. The minimum absolute atomic E-state index is 0.0966. The molecule has 170 valence electrons. The summed E-state index contributed by atoms with van der Waals surface area (Å²) in [4.78, 5) is 36.3. The third-order valence-corrected chi connectivity index (χ3v) is 5.63. The average molecular weight is 448 g/mol. The van der Waals surface area contributed by atoms with Crippen molar-refractivity contribution in [3.63, 3.8) is 0 Å². The molecule has 3 N–H and O–H groups in total. The highest BCUT2D eigenvalue weighted by molar-refractivity contribution is 6.01. The second-order valence-electron chi connectivity index (χ2n) is 7.77. The van der Waals surface area contributed by atoms with Crippen LogP contribution < -0.4 is 10.6 Å². The van der Waals surface area contributed by atoms with E-state index < -0.39 is 24.0 Å². The molecule has 3 aromatic rings. The van der Waals surface area contributed by atoms with Gasteiger partial charge in [0.2, 0.25) is 5.76 Å². The lowest BCUT2D eigenvalue weighted by atomic mass is 9.98. The summed E-state index contributed by atoms with van der Waals surface area (Å²) >= 11 is 0. The Kier molecular flexibility index (Phi) is 6.44. The largest absolute Gasteiger partial charge is 0.480 e. The third-order valence-electron chi connectivity index (χ3n) is 5.63. The molecule has 1 aromatic heterocycles. The number of carbonyl (C=O) groups excluding carboxylic acids is 2. The molecule has 0 saturated carbocycles. The van der Waals surface area contributed by atoms with Crippen molar-refractivity contribution in [2.45, 2.75) is 31.7 Å². The van der Waals surface area contributed by atoms with Gasteiger partial charge < -0.3 is 19.6 Å². The van der Waals surface area contributed by atoms with Gasteiger partial charge in [0.15, 0.2) is 0 Å². The molecular weight excluding hydrogens is 424 g/mol. The molecule has 8 nitrogen and oxygen atoms in total. The first-order valence-corrected chi connectivity index (χ1v) is 10.7. The zero-order valence-corrected chi connectivity index (χ0v) is 18.0. The molecule has 0 fully saturated rings. The molecule has 4 rings (SSSR count). The number of hydrogen-bond acceptors (Lipinski definition) is 5. The molecule has 0 bridgehead atoms. The van der Waals surface area contributed by atoms with Gasteiger partial charge in [-0.3, -0.25) is 10.1 Å². The Balaban J connectivity index is 1.41. The summed E-state index contributed by atoms with van der Waals surface area (Å²) in [5.74, 6) is -2.15. The number of rotatable bonds is 8. The third kappa shape index (κ3) is 4.59. The quantitative estimate of drug-likeness (QED) is 0.463. The van der Waals surface area contributed by atoms with Gasteiger partial charge in [-0.25, -0.2) is 9.59 Å². The normalized spacial score (nSPS) is 13.0. The minimum Gasteiger partial charge on any atom is -0.480 e. The number of carboxylic acids is 1. The van der Waals surface area contributed by atoms with Crippen LogP contribution in [0.2, 0.25) is 0 Å². The maximum absolute atomic E-state index is 12.5. The first-order chi connectivity index (χ1) is 16.0. The van der Waals surface area contributed by atoms with E-state index in [1.807, 2.05) is 55.5 Å². The molecular formula is C25H24N2O6. The van der Waals surface area contributed by atoms with Gasteiger partial charge >= 0.3 is 12.1 Å². The van der Waals surface area contributed by atoms with Crippen LogP contribution in [0.25, 0.3) is 11.1 Å². The average Bonchev–Trinajstić information content (AvgIpc) is 3.40. The molecule has 0 aliphatic heterocycles. The van der Waals surface area contributed by atoms with E-state index in [1.165, 1.54) is 12.3 Å².